The number of nitrogens with two attached hydrogens (primary N) is 1. The third-order valence-corrected chi connectivity index (χ3v) is 3.40. The highest BCUT2D eigenvalue weighted by Crippen LogP contribution is 2.46. The molecule has 1 aromatic carbocycles. The van der Waals surface area contributed by atoms with Gasteiger partial charge in [0.05, 0.1) is 24.9 Å². The van der Waals surface area contributed by atoms with Gasteiger partial charge in [0, 0.05) is 23.3 Å². The van der Waals surface area contributed by atoms with Gasteiger partial charge in [0.1, 0.15) is 5.82 Å². The predicted molar refractivity (Wildman–Crippen MR) is 80.6 cm³/mol. The van der Waals surface area contributed by atoms with Crippen LogP contribution in [0.5, 0.6) is 11.5 Å². The molecule has 0 spiro atoms. The van der Waals surface area contributed by atoms with Crippen LogP contribution >= 0.6 is 11.6 Å². The second-order valence-corrected chi connectivity index (χ2v) is 5.15. The number of halogens is 1. The number of hydrogen-bond donors (Lipinski definition) is 2. The predicted octanol–water partition coefficient (Wildman–Crippen LogP) is 3.45. The molecule has 0 amide bonds. The normalized spacial score (nSPS) is 10.9. The number of nitrogens with one attached hydrogen (secondary N) is 1. The van der Waals surface area contributed by atoms with Crippen LogP contribution in [-0.4, -0.2) is 24.4 Å². The lowest BCUT2D eigenvalue weighted by atomic mass is 9.93. The molecule has 0 atom stereocenters. The van der Waals surface area contributed by atoms with Gasteiger partial charge in [0.25, 0.3) is 0 Å². The SMILES string of the molecule is COc1cc(Cl)c(-c2cc(N)n[nH]2)c(C(C)C)c1OC. The Morgan fingerprint density at radius 3 is 2.40 bits per heavy atom. The molecule has 1 heterocycles. The lowest BCUT2D eigenvalue weighted by Gasteiger charge is -2.20. The van der Waals surface area contributed by atoms with Gasteiger partial charge < -0.3 is 15.2 Å². The summed E-state index contributed by atoms with van der Waals surface area (Å²) < 4.78 is 10.8. The van der Waals surface area contributed by atoms with Gasteiger partial charge in [0.15, 0.2) is 11.5 Å². The first kappa shape index (κ1) is 14.5. The van der Waals surface area contributed by atoms with Gasteiger partial charge in [-0.25, -0.2) is 0 Å². The summed E-state index contributed by atoms with van der Waals surface area (Å²) in [7, 11) is 3.20. The van der Waals surface area contributed by atoms with Crippen LogP contribution in [0, 0.1) is 0 Å². The molecule has 2 rings (SSSR count). The zero-order valence-corrected chi connectivity index (χ0v) is 12.7. The van der Waals surface area contributed by atoms with Crippen LogP contribution in [0.4, 0.5) is 5.82 Å². The first-order valence-electron chi connectivity index (χ1n) is 6.25. The van der Waals surface area contributed by atoms with Crippen molar-refractivity contribution in [1.82, 2.24) is 10.2 Å². The Morgan fingerprint density at radius 1 is 1.25 bits per heavy atom. The first-order chi connectivity index (χ1) is 9.49. The van der Waals surface area contributed by atoms with E-state index in [1.165, 1.54) is 0 Å². The van der Waals surface area contributed by atoms with Gasteiger partial charge >= 0.3 is 0 Å². The molecule has 0 radical (unpaired) electrons. The van der Waals surface area contributed by atoms with E-state index in [-0.39, 0.29) is 5.92 Å². The number of hydrogen-bond acceptors (Lipinski definition) is 4. The highest BCUT2D eigenvalue weighted by molar-refractivity contribution is 6.33. The summed E-state index contributed by atoms with van der Waals surface area (Å²) in [5.74, 6) is 1.89. The van der Waals surface area contributed by atoms with Gasteiger partial charge in [-0.15, -0.1) is 0 Å². The summed E-state index contributed by atoms with van der Waals surface area (Å²) in [5.41, 5.74) is 8.23. The maximum Gasteiger partial charge on any atom is 0.164 e. The Kier molecular flexibility index (Phi) is 4.09. The smallest absolute Gasteiger partial charge is 0.164 e. The molecule has 0 aliphatic heterocycles. The Bertz CT molecular complexity index is 623. The number of anilines is 1. The Labute approximate surface area is 123 Å². The molecule has 0 fully saturated rings. The summed E-state index contributed by atoms with van der Waals surface area (Å²) in [6, 6.07) is 3.48. The summed E-state index contributed by atoms with van der Waals surface area (Å²) in [6.45, 7) is 4.13. The van der Waals surface area contributed by atoms with E-state index in [4.69, 9.17) is 26.8 Å². The fraction of sp³-hybridized carbons (Fsp3) is 0.357. The minimum atomic E-state index is 0.192. The van der Waals surface area contributed by atoms with Crippen molar-refractivity contribution in [2.24, 2.45) is 0 Å². The molecule has 6 heteroatoms. The topological polar surface area (TPSA) is 73.2 Å². The molecule has 20 heavy (non-hydrogen) atoms. The van der Waals surface area contributed by atoms with Crippen LogP contribution in [0.15, 0.2) is 12.1 Å². The monoisotopic (exact) mass is 295 g/mol. The van der Waals surface area contributed by atoms with Crippen molar-refractivity contribution >= 4 is 17.4 Å². The number of nitrogen functional groups attached to an aromatic ring is 1. The molecule has 0 aliphatic carbocycles. The Balaban J connectivity index is 2.78. The van der Waals surface area contributed by atoms with Gasteiger partial charge in [0.2, 0.25) is 0 Å². The van der Waals surface area contributed by atoms with Gasteiger partial charge in [-0.3, -0.25) is 5.10 Å². The van der Waals surface area contributed by atoms with E-state index in [9.17, 15) is 0 Å². The van der Waals surface area contributed by atoms with Gasteiger partial charge in [-0.05, 0) is 5.92 Å². The third kappa shape index (κ3) is 2.41. The molecular formula is C14H18ClN3O2. The van der Waals surface area contributed by atoms with Crippen LogP contribution in [0.1, 0.15) is 25.3 Å². The van der Waals surface area contributed by atoms with Gasteiger partial charge in [-0.2, -0.15) is 5.10 Å². The molecule has 1 aromatic heterocycles. The fourth-order valence-corrected chi connectivity index (χ4v) is 2.58. The van der Waals surface area contributed by atoms with E-state index in [1.54, 1.807) is 26.4 Å². The lowest BCUT2D eigenvalue weighted by molar-refractivity contribution is 0.350. The van der Waals surface area contributed by atoms with Crippen LogP contribution in [-0.2, 0) is 0 Å². The van der Waals surface area contributed by atoms with Crippen LogP contribution in [0.2, 0.25) is 5.02 Å². The number of H-pyrrole nitrogens is 1. The Morgan fingerprint density at radius 2 is 1.95 bits per heavy atom. The quantitative estimate of drug-likeness (QED) is 0.906. The standard InChI is InChI=1S/C14H18ClN3O2/c1-7(2)12-13(9-6-11(16)18-17-9)8(15)5-10(19-3)14(12)20-4/h5-7H,1-4H3,(H3,16,17,18). The minimum Gasteiger partial charge on any atom is -0.493 e. The highest BCUT2D eigenvalue weighted by Gasteiger charge is 2.23. The molecule has 3 N–H and O–H groups in total. The van der Waals surface area contributed by atoms with E-state index in [0.717, 1.165) is 16.8 Å². The molecule has 0 aliphatic rings. The van der Waals surface area contributed by atoms with Crippen molar-refractivity contribution in [3.63, 3.8) is 0 Å². The van der Waals surface area contributed by atoms with Crippen LogP contribution in [0.25, 0.3) is 11.3 Å². The highest BCUT2D eigenvalue weighted by atomic mass is 35.5. The van der Waals surface area contributed by atoms with Crippen LogP contribution < -0.4 is 15.2 Å². The van der Waals surface area contributed by atoms with Crippen molar-refractivity contribution in [3.05, 3.63) is 22.7 Å². The third-order valence-electron chi connectivity index (χ3n) is 3.10. The average Bonchev–Trinajstić information content (AvgIpc) is 2.83. The molecule has 0 saturated carbocycles. The number of benzene rings is 1. The van der Waals surface area contributed by atoms with Crippen molar-refractivity contribution in [2.75, 3.05) is 20.0 Å². The maximum absolute atomic E-state index is 6.41. The number of aromatic nitrogens is 2. The molecule has 108 valence electrons. The molecule has 0 saturated heterocycles. The molecule has 0 unspecified atom stereocenters. The molecule has 0 bridgehead atoms. The maximum atomic E-state index is 6.41. The van der Waals surface area contributed by atoms with Crippen LogP contribution in [0.3, 0.4) is 0 Å². The number of methoxy groups -OCH3 is 2. The zero-order chi connectivity index (χ0) is 14.9. The number of ether oxygens (including phenoxy) is 2. The number of rotatable bonds is 4. The van der Waals surface area contributed by atoms with E-state index >= 15 is 0 Å². The Hall–Kier alpha value is -1.88. The van der Waals surface area contributed by atoms with Crippen molar-refractivity contribution in [2.45, 2.75) is 19.8 Å². The molecule has 2 aromatic rings. The summed E-state index contributed by atoms with van der Waals surface area (Å²) in [5, 5.41) is 7.41. The van der Waals surface area contributed by atoms with Crippen molar-refractivity contribution < 1.29 is 9.47 Å². The second-order valence-electron chi connectivity index (χ2n) is 4.74. The van der Waals surface area contributed by atoms with Crippen molar-refractivity contribution in [3.8, 4) is 22.8 Å². The molecule has 5 nitrogen and oxygen atoms in total. The summed E-state index contributed by atoms with van der Waals surface area (Å²) >= 11 is 6.41. The average molecular weight is 296 g/mol. The molecular weight excluding hydrogens is 278 g/mol. The number of nitrogens with zero attached hydrogens (tertiary/aromatic N) is 1. The van der Waals surface area contributed by atoms with E-state index in [0.29, 0.717) is 22.3 Å². The zero-order valence-electron chi connectivity index (χ0n) is 12.0. The summed E-state index contributed by atoms with van der Waals surface area (Å²) in [6.07, 6.45) is 0. The fourth-order valence-electron chi connectivity index (χ4n) is 2.28. The number of aromatic amines is 1. The first-order valence-corrected chi connectivity index (χ1v) is 6.63. The van der Waals surface area contributed by atoms with Gasteiger partial charge in [-0.1, -0.05) is 25.4 Å². The lowest BCUT2D eigenvalue weighted by Crippen LogP contribution is -2.01. The minimum absolute atomic E-state index is 0.192. The van der Waals surface area contributed by atoms with E-state index < -0.39 is 0 Å². The summed E-state index contributed by atoms with van der Waals surface area (Å²) in [4.78, 5) is 0. The van der Waals surface area contributed by atoms with Crippen molar-refractivity contribution in [1.29, 1.82) is 0 Å². The van der Waals surface area contributed by atoms with E-state index in [2.05, 4.69) is 24.0 Å². The van der Waals surface area contributed by atoms with E-state index in [1.807, 2.05) is 0 Å². The second kappa shape index (κ2) is 5.63. The largest absolute Gasteiger partial charge is 0.493 e.